The monoisotopic (exact) mass is 285 g/mol. The molecule has 2 N–H and O–H groups in total. The van der Waals surface area contributed by atoms with Crippen LogP contribution in [-0.2, 0) is 10.0 Å². The summed E-state index contributed by atoms with van der Waals surface area (Å²) in [6.45, 7) is 6.22. The minimum atomic E-state index is -3.45. The second-order valence-electron chi connectivity index (χ2n) is 4.78. The second kappa shape index (κ2) is 7.03. The lowest BCUT2D eigenvalue weighted by molar-refractivity contribution is 0.199. The zero-order valence-corrected chi connectivity index (χ0v) is 12.6. The van der Waals surface area contributed by atoms with Crippen LogP contribution in [0.3, 0.4) is 0 Å². The summed E-state index contributed by atoms with van der Waals surface area (Å²) in [7, 11) is -3.45. The van der Waals surface area contributed by atoms with E-state index in [1.54, 1.807) is 19.1 Å². The third-order valence-electron chi connectivity index (χ3n) is 3.39. The minimum absolute atomic E-state index is 0.239. The fourth-order valence-corrected chi connectivity index (χ4v) is 2.93. The van der Waals surface area contributed by atoms with Crippen molar-refractivity contribution in [2.45, 2.75) is 44.6 Å². The number of sulfonamides is 1. The molecular weight excluding hydrogens is 262 g/mol. The molecule has 0 bridgehead atoms. The summed E-state index contributed by atoms with van der Waals surface area (Å²) in [4.78, 5) is 0.239. The van der Waals surface area contributed by atoms with Gasteiger partial charge in [0.25, 0.3) is 0 Å². The van der Waals surface area contributed by atoms with Gasteiger partial charge in [0.2, 0.25) is 10.0 Å². The Morgan fingerprint density at radius 2 is 1.68 bits per heavy atom. The zero-order chi connectivity index (χ0) is 14.5. The van der Waals surface area contributed by atoms with E-state index in [-0.39, 0.29) is 4.90 Å². The lowest BCUT2D eigenvalue weighted by Crippen LogP contribution is -2.29. The van der Waals surface area contributed by atoms with Crippen LogP contribution in [0.1, 0.15) is 45.3 Å². The quantitative estimate of drug-likeness (QED) is 0.808. The highest BCUT2D eigenvalue weighted by Gasteiger charge is 2.15. The van der Waals surface area contributed by atoms with Crippen molar-refractivity contribution in [2.75, 3.05) is 6.54 Å². The van der Waals surface area contributed by atoms with Crippen LogP contribution < -0.4 is 4.72 Å². The molecule has 0 aromatic heterocycles. The van der Waals surface area contributed by atoms with Crippen LogP contribution in [-0.4, -0.2) is 20.1 Å². The first-order valence-electron chi connectivity index (χ1n) is 6.68. The number of hydrogen-bond acceptors (Lipinski definition) is 3. The first-order chi connectivity index (χ1) is 8.90. The third-order valence-corrected chi connectivity index (χ3v) is 4.83. The van der Waals surface area contributed by atoms with Gasteiger partial charge in [0.05, 0.1) is 11.0 Å². The molecule has 0 saturated heterocycles. The van der Waals surface area contributed by atoms with E-state index in [1.807, 2.05) is 0 Å². The summed E-state index contributed by atoms with van der Waals surface area (Å²) in [5.41, 5.74) is 0.707. The molecule has 4 nitrogen and oxygen atoms in total. The van der Waals surface area contributed by atoms with Crippen LogP contribution in [0.25, 0.3) is 0 Å². The molecule has 108 valence electrons. The summed E-state index contributed by atoms with van der Waals surface area (Å²) >= 11 is 0. The van der Waals surface area contributed by atoms with Crippen LogP contribution >= 0.6 is 0 Å². The second-order valence-corrected chi connectivity index (χ2v) is 6.55. The van der Waals surface area contributed by atoms with Gasteiger partial charge >= 0.3 is 0 Å². The van der Waals surface area contributed by atoms with E-state index >= 15 is 0 Å². The lowest BCUT2D eigenvalue weighted by Gasteiger charge is -2.14. The molecule has 0 spiro atoms. The number of hydrogen-bond donors (Lipinski definition) is 2. The largest absolute Gasteiger partial charge is 0.389 e. The normalized spacial score (nSPS) is 13.7. The SMILES string of the molecule is CCC(CC)CNS(=O)(=O)c1ccc(C(C)O)cc1. The summed E-state index contributed by atoms with van der Waals surface area (Å²) in [6.07, 6.45) is 1.33. The Morgan fingerprint density at radius 1 is 1.16 bits per heavy atom. The summed E-state index contributed by atoms with van der Waals surface area (Å²) < 4.78 is 26.8. The van der Waals surface area contributed by atoms with E-state index in [2.05, 4.69) is 18.6 Å². The fourth-order valence-electron chi connectivity index (χ4n) is 1.81. The number of rotatable bonds is 7. The maximum atomic E-state index is 12.1. The highest BCUT2D eigenvalue weighted by molar-refractivity contribution is 7.89. The fraction of sp³-hybridized carbons (Fsp3) is 0.571. The maximum absolute atomic E-state index is 12.1. The van der Waals surface area contributed by atoms with Gasteiger partial charge in [-0.15, -0.1) is 0 Å². The van der Waals surface area contributed by atoms with E-state index < -0.39 is 16.1 Å². The van der Waals surface area contributed by atoms with Gasteiger partial charge in [0.1, 0.15) is 0 Å². The highest BCUT2D eigenvalue weighted by Crippen LogP contribution is 2.16. The van der Waals surface area contributed by atoms with Crippen molar-refractivity contribution in [1.82, 2.24) is 4.72 Å². The first kappa shape index (κ1) is 16.1. The molecule has 0 saturated carbocycles. The number of aliphatic hydroxyl groups is 1. The topological polar surface area (TPSA) is 66.4 Å². The molecule has 0 aliphatic carbocycles. The van der Waals surface area contributed by atoms with Crippen molar-refractivity contribution in [3.8, 4) is 0 Å². The van der Waals surface area contributed by atoms with Gasteiger partial charge in [0.15, 0.2) is 0 Å². The molecule has 19 heavy (non-hydrogen) atoms. The summed E-state index contributed by atoms with van der Waals surface area (Å²) in [5, 5.41) is 9.39. The van der Waals surface area contributed by atoms with Gasteiger partial charge in [0, 0.05) is 6.54 Å². The van der Waals surface area contributed by atoms with Gasteiger partial charge < -0.3 is 5.11 Å². The Kier molecular flexibility index (Phi) is 5.97. The Balaban J connectivity index is 2.77. The van der Waals surface area contributed by atoms with Crippen molar-refractivity contribution >= 4 is 10.0 Å². The summed E-state index contributed by atoms with van der Waals surface area (Å²) in [6, 6.07) is 6.32. The van der Waals surface area contributed by atoms with E-state index in [1.165, 1.54) is 12.1 Å². The van der Waals surface area contributed by atoms with Crippen LogP contribution in [0.15, 0.2) is 29.2 Å². The van der Waals surface area contributed by atoms with Crippen LogP contribution in [0.5, 0.6) is 0 Å². The first-order valence-corrected chi connectivity index (χ1v) is 8.16. The van der Waals surface area contributed by atoms with Crippen molar-refractivity contribution in [2.24, 2.45) is 5.92 Å². The Hall–Kier alpha value is -0.910. The minimum Gasteiger partial charge on any atom is -0.389 e. The van der Waals surface area contributed by atoms with Crippen LogP contribution in [0.4, 0.5) is 0 Å². The molecule has 0 aliphatic heterocycles. The molecule has 1 unspecified atom stereocenters. The van der Waals surface area contributed by atoms with E-state index in [4.69, 9.17) is 0 Å². The summed E-state index contributed by atoms with van der Waals surface area (Å²) in [5.74, 6) is 0.367. The Morgan fingerprint density at radius 3 is 2.11 bits per heavy atom. The molecule has 1 aromatic carbocycles. The van der Waals surface area contributed by atoms with Gasteiger partial charge in [-0.2, -0.15) is 0 Å². The molecular formula is C14H23NO3S. The van der Waals surface area contributed by atoms with Gasteiger partial charge in [-0.05, 0) is 30.5 Å². The zero-order valence-electron chi connectivity index (χ0n) is 11.8. The van der Waals surface area contributed by atoms with E-state index in [0.29, 0.717) is 18.0 Å². The predicted molar refractivity (Wildman–Crippen MR) is 76.3 cm³/mol. The van der Waals surface area contributed by atoms with Gasteiger partial charge in [-0.1, -0.05) is 38.8 Å². The lowest BCUT2D eigenvalue weighted by atomic mass is 10.0. The van der Waals surface area contributed by atoms with Gasteiger partial charge in [-0.3, -0.25) is 0 Å². The Labute approximate surface area is 115 Å². The van der Waals surface area contributed by atoms with Crippen molar-refractivity contribution < 1.29 is 13.5 Å². The average molecular weight is 285 g/mol. The maximum Gasteiger partial charge on any atom is 0.240 e. The standard InChI is InChI=1S/C14H23NO3S/c1-4-12(5-2)10-15-19(17,18)14-8-6-13(7-9-14)11(3)16/h6-9,11-12,15-16H,4-5,10H2,1-3H3. The molecule has 0 radical (unpaired) electrons. The van der Waals surface area contributed by atoms with E-state index in [0.717, 1.165) is 12.8 Å². The van der Waals surface area contributed by atoms with Crippen LogP contribution in [0.2, 0.25) is 0 Å². The molecule has 0 amide bonds. The molecule has 1 atom stereocenters. The molecule has 0 heterocycles. The highest BCUT2D eigenvalue weighted by atomic mass is 32.2. The van der Waals surface area contributed by atoms with Crippen LogP contribution in [0, 0.1) is 5.92 Å². The Bertz CT molecular complexity index is 476. The van der Waals surface area contributed by atoms with Crippen molar-refractivity contribution in [3.63, 3.8) is 0 Å². The van der Waals surface area contributed by atoms with Crippen molar-refractivity contribution in [1.29, 1.82) is 0 Å². The van der Waals surface area contributed by atoms with Gasteiger partial charge in [-0.25, -0.2) is 13.1 Å². The molecule has 5 heteroatoms. The molecule has 0 fully saturated rings. The van der Waals surface area contributed by atoms with E-state index in [9.17, 15) is 13.5 Å². The molecule has 1 aromatic rings. The predicted octanol–water partition coefficient (Wildman–Crippen LogP) is 2.45. The number of nitrogens with one attached hydrogen (secondary N) is 1. The average Bonchev–Trinajstić information content (AvgIpc) is 2.40. The molecule has 1 rings (SSSR count). The molecule has 0 aliphatic rings. The smallest absolute Gasteiger partial charge is 0.240 e. The number of benzene rings is 1. The number of aliphatic hydroxyl groups excluding tert-OH is 1. The third kappa shape index (κ3) is 4.60. The van der Waals surface area contributed by atoms with Crippen molar-refractivity contribution in [3.05, 3.63) is 29.8 Å².